The molecule has 3 rings (SSSR count). The van der Waals surface area contributed by atoms with E-state index in [1.165, 1.54) is 0 Å². The zero-order valence-electron chi connectivity index (χ0n) is 19.7. The molecule has 1 amide bonds. The van der Waals surface area contributed by atoms with Gasteiger partial charge >= 0.3 is 0 Å². The quantitative estimate of drug-likeness (QED) is 0.488. The van der Waals surface area contributed by atoms with Gasteiger partial charge in [-0.05, 0) is 76.1 Å². The Labute approximate surface area is 209 Å². The van der Waals surface area contributed by atoms with Crippen LogP contribution in [0.25, 0.3) is 0 Å². The standard InChI is InChI=1S/C25H31BrN2O4S/c1-6-30-22-11-19(25(33)28-12-17(4)32-18(5)13-28)7-8-21(22)31-14-23(29)27-24-15(2)9-20(26)10-16(24)3/h7-11,17-18H,6,12-14H2,1-5H3,(H,27,29)/t17-,18-/m1/s1. The molecule has 0 radical (unpaired) electrons. The zero-order chi connectivity index (χ0) is 24.1. The maximum absolute atomic E-state index is 12.6. The van der Waals surface area contributed by atoms with Gasteiger partial charge in [-0.3, -0.25) is 4.79 Å². The Hall–Kier alpha value is -2.16. The molecule has 33 heavy (non-hydrogen) atoms. The highest BCUT2D eigenvalue weighted by atomic mass is 79.9. The van der Waals surface area contributed by atoms with Crippen LogP contribution >= 0.6 is 28.1 Å². The summed E-state index contributed by atoms with van der Waals surface area (Å²) in [5.41, 5.74) is 3.64. The van der Waals surface area contributed by atoms with Crippen molar-refractivity contribution in [2.45, 2.75) is 46.8 Å². The number of hydrogen-bond donors (Lipinski definition) is 1. The van der Waals surface area contributed by atoms with Gasteiger partial charge in [0.2, 0.25) is 0 Å². The minimum Gasteiger partial charge on any atom is -0.490 e. The van der Waals surface area contributed by atoms with Crippen LogP contribution in [0, 0.1) is 13.8 Å². The van der Waals surface area contributed by atoms with Crippen LogP contribution < -0.4 is 14.8 Å². The summed E-state index contributed by atoms with van der Waals surface area (Å²) in [7, 11) is 0. The lowest BCUT2D eigenvalue weighted by Gasteiger charge is -2.37. The highest BCUT2D eigenvalue weighted by Gasteiger charge is 2.25. The monoisotopic (exact) mass is 534 g/mol. The van der Waals surface area contributed by atoms with E-state index in [0.717, 1.165) is 44.9 Å². The lowest BCUT2D eigenvalue weighted by atomic mass is 10.1. The van der Waals surface area contributed by atoms with Crippen molar-refractivity contribution in [1.29, 1.82) is 0 Å². The normalized spacial score (nSPS) is 18.1. The number of aryl methyl sites for hydroxylation is 2. The van der Waals surface area contributed by atoms with Crippen LogP contribution in [0.2, 0.25) is 0 Å². The molecule has 8 heteroatoms. The Bertz CT molecular complexity index is 996. The fourth-order valence-electron chi connectivity index (χ4n) is 3.98. The van der Waals surface area contributed by atoms with Crippen LogP contribution in [0.15, 0.2) is 34.8 Å². The van der Waals surface area contributed by atoms with E-state index in [1.54, 1.807) is 0 Å². The van der Waals surface area contributed by atoms with Crippen molar-refractivity contribution in [1.82, 2.24) is 4.90 Å². The number of halogens is 1. The van der Waals surface area contributed by atoms with Crippen LogP contribution in [0.1, 0.15) is 37.5 Å². The van der Waals surface area contributed by atoms with Crippen LogP contribution in [0.5, 0.6) is 11.5 Å². The predicted octanol–water partition coefficient (Wildman–Crippen LogP) is 5.27. The van der Waals surface area contributed by atoms with E-state index in [2.05, 4.69) is 40.0 Å². The molecule has 2 atom stereocenters. The Morgan fingerprint density at radius 1 is 1.12 bits per heavy atom. The molecule has 2 aromatic carbocycles. The molecule has 1 heterocycles. The number of carbonyl (C=O) groups is 1. The molecule has 178 valence electrons. The lowest BCUT2D eigenvalue weighted by Crippen LogP contribution is -2.47. The highest BCUT2D eigenvalue weighted by molar-refractivity contribution is 9.10. The molecule has 0 unspecified atom stereocenters. The number of amides is 1. The predicted molar refractivity (Wildman–Crippen MR) is 139 cm³/mol. The van der Waals surface area contributed by atoms with Crippen molar-refractivity contribution < 1.29 is 19.0 Å². The van der Waals surface area contributed by atoms with Gasteiger partial charge in [-0.25, -0.2) is 0 Å². The molecule has 0 saturated carbocycles. The third-order valence-electron chi connectivity index (χ3n) is 5.32. The van der Waals surface area contributed by atoms with Gasteiger partial charge in [0.05, 0.1) is 18.8 Å². The van der Waals surface area contributed by atoms with Gasteiger partial charge < -0.3 is 24.4 Å². The number of carbonyl (C=O) groups excluding carboxylic acids is 1. The summed E-state index contributed by atoms with van der Waals surface area (Å²) in [5.74, 6) is 0.837. The van der Waals surface area contributed by atoms with E-state index in [4.69, 9.17) is 26.4 Å². The average Bonchev–Trinajstić information content (AvgIpc) is 2.74. The third kappa shape index (κ3) is 6.68. The maximum Gasteiger partial charge on any atom is 0.262 e. The lowest BCUT2D eigenvalue weighted by molar-refractivity contribution is -0.118. The van der Waals surface area contributed by atoms with Crippen molar-refractivity contribution in [3.05, 3.63) is 51.5 Å². The second-order valence-electron chi connectivity index (χ2n) is 8.31. The first-order valence-corrected chi connectivity index (χ1v) is 12.3. The Kier molecular flexibility index (Phi) is 8.73. The molecular formula is C25H31BrN2O4S. The van der Waals surface area contributed by atoms with Gasteiger partial charge in [0.1, 0.15) is 4.99 Å². The first-order chi connectivity index (χ1) is 15.7. The summed E-state index contributed by atoms with van der Waals surface area (Å²) in [6.45, 7) is 11.8. The van der Waals surface area contributed by atoms with Crippen LogP contribution in [-0.2, 0) is 9.53 Å². The Morgan fingerprint density at radius 2 is 1.76 bits per heavy atom. The average molecular weight is 536 g/mol. The van der Waals surface area contributed by atoms with Gasteiger partial charge in [0, 0.05) is 28.8 Å². The summed E-state index contributed by atoms with van der Waals surface area (Å²) in [4.78, 5) is 15.5. The number of nitrogens with one attached hydrogen (secondary N) is 1. The first-order valence-electron chi connectivity index (χ1n) is 11.1. The molecule has 2 aromatic rings. The fraction of sp³-hybridized carbons (Fsp3) is 0.440. The van der Waals surface area contributed by atoms with E-state index in [1.807, 2.05) is 51.1 Å². The third-order valence-corrected chi connectivity index (χ3v) is 6.27. The summed E-state index contributed by atoms with van der Waals surface area (Å²) >= 11 is 9.23. The van der Waals surface area contributed by atoms with Gasteiger partial charge in [-0.2, -0.15) is 0 Å². The highest BCUT2D eigenvalue weighted by Crippen LogP contribution is 2.30. The molecule has 0 aromatic heterocycles. The maximum atomic E-state index is 12.6. The van der Waals surface area contributed by atoms with Gasteiger partial charge in [0.25, 0.3) is 5.91 Å². The van der Waals surface area contributed by atoms with E-state index >= 15 is 0 Å². The zero-order valence-corrected chi connectivity index (χ0v) is 22.1. The first kappa shape index (κ1) is 25.5. The fourth-order valence-corrected chi connectivity index (χ4v) is 4.94. The van der Waals surface area contributed by atoms with Crippen molar-refractivity contribution in [3.63, 3.8) is 0 Å². The van der Waals surface area contributed by atoms with E-state index < -0.39 is 0 Å². The molecule has 6 nitrogen and oxygen atoms in total. The second kappa shape index (κ2) is 11.3. The summed E-state index contributed by atoms with van der Waals surface area (Å²) in [6, 6.07) is 9.53. The summed E-state index contributed by atoms with van der Waals surface area (Å²) in [6.07, 6.45) is 0.245. The van der Waals surface area contributed by atoms with Crippen LogP contribution in [0.4, 0.5) is 5.69 Å². The van der Waals surface area contributed by atoms with Crippen LogP contribution in [-0.4, -0.2) is 54.3 Å². The Morgan fingerprint density at radius 3 is 2.36 bits per heavy atom. The summed E-state index contributed by atoms with van der Waals surface area (Å²) in [5, 5.41) is 2.94. The second-order valence-corrected chi connectivity index (χ2v) is 9.62. The Balaban J connectivity index is 1.69. The van der Waals surface area contributed by atoms with Gasteiger partial charge in [0.15, 0.2) is 18.1 Å². The molecule has 1 saturated heterocycles. The van der Waals surface area contributed by atoms with Crippen LogP contribution in [0.3, 0.4) is 0 Å². The molecule has 0 aliphatic carbocycles. The van der Waals surface area contributed by atoms with Crippen molar-refractivity contribution in [2.75, 3.05) is 31.6 Å². The van der Waals surface area contributed by atoms with E-state index in [0.29, 0.717) is 18.1 Å². The number of morpholine rings is 1. The number of rotatable bonds is 7. The van der Waals surface area contributed by atoms with Crippen molar-refractivity contribution >= 4 is 44.7 Å². The van der Waals surface area contributed by atoms with E-state index in [9.17, 15) is 4.79 Å². The molecule has 1 fully saturated rings. The molecule has 1 aliphatic rings. The number of benzene rings is 2. The number of hydrogen-bond acceptors (Lipinski definition) is 5. The minimum atomic E-state index is -0.234. The number of anilines is 1. The topological polar surface area (TPSA) is 60.0 Å². The van der Waals surface area contributed by atoms with Crippen molar-refractivity contribution in [2.24, 2.45) is 0 Å². The molecule has 1 N–H and O–H groups in total. The molecule has 0 bridgehead atoms. The molecular weight excluding hydrogens is 504 g/mol. The van der Waals surface area contributed by atoms with E-state index in [-0.39, 0.29) is 24.7 Å². The largest absolute Gasteiger partial charge is 0.490 e. The van der Waals surface area contributed by atoms with Crippen molar-refractivity contribution in [3.8, 4) is 11.5 Å². The number of thiocarbonyl (C=S) groups is 1. The minimum absolute atomic E-state index is 0.122. The molecule has 1 aliphatic heterocycles. The number of nitrogens with zero attached hydrogens (tertiary/aromatic N) is 1. The SMILES string of the molecule is CCOc1cc(C(=S)N2C[C@@H](C)O[C@H](C)C2)ccc1OCC(=O)Nc1c(C)cc(Br)cc1C. The molecule has 0 spiro atoms. The number of ether oxygens (including phenoxy) is 3. The smallest absolute Gasteiger partial charge is 0.262 e. The summed E-state index contributed by atoms with van der Waals surface area (Å²) < 4.78 is 18.4. The van der Waals surface area contributed by atoms with Gasteiger partial charge in [-0.15, -0.1) is 0 Å². The van der Waals surface area contributed by atoms with Gasteiger partial charge in [-0.1, -0.05) is 28.1 Å².